The largest absolute Gasteiger partial charge is 0.478 e. The first-order valence-corrected chi connectivity index (χ1v) is 14.5. The van der Waals surface area contributed by atoms with Gasteiger partial charge < -0.3 is 5.11 Å². The zero-order chi connectivity index (χ0) is 29.1. The minimum absolute atomic E-state index is 0.243. The predicted molar refractivity (Wildman–Crippen MR) is 177 cm³/mol. The standard InChI is InChI=1S/C38H28O2S2/c39-37(40)28-16-18-30(19-17-28)38(29-14-8-3-9-15-29,31-20-22-35(41)33(24-31)26-10-4-1-5-11-26)32-21-23-36(42)34(25-32)27-12-6-2-7-13-27/h1-25,41-42H,(H,39,40). The quantitative estimate of drug-likeness (QED) is 0.130. The number of hydrogen-bond acceptors (Lipinski definition) is 3. The van der Waals surface area contributed by atoms with E-state index in [1.165, 1.54) is 0 Å². The lowest BCUT2D eigenvalue weighted by molar-refractivity contribution is 0.0697. The molecule has 0 saturated carbocycles. The molecule has 0 aliphatic heterocycles. The van der Waals surface area contributed by atoms with Crippen molar-refractivity contribution in [2.75, 3.05) is 0 Å². The molecule has 0 heterocycles. The Morgan fingerprint density at radius 3 is 1.29 bits per heavy atom. The molecule has 0 bridgehead atoms. The Hall–Kier alpha value is -4.51. The number of aromatic carboxylic acids is 1. The van der Waals surface area contributed by atoms with Crippen molar-refractivity contribution in [1.82, 2.24) is 0 Å². The molecule has 1 N–H and O–H groups in total. The van der Waals surface area contributed by atoms with Crippen molar-refractivity contribution in [2.24, 2.45) is 0 Å². The Kier molecular flexibility index (Phi) is 7.75. The molecule has 2 nitrogen and oxygen atoms in total. The van der Waals surface area contributed by atoms with Gasteiger partial charge in [-0.15, -0.1) is 25.3 Å². The third-order valence-corrected chi connectivity index (χ3v) is 8.58. The molecule has 0 aromatic heterocycles. The monoisotopic (exact) mass is 580 g/mol. The SMILES string of the molecule is O=C(O)c1ccc(C(c2ccccc2)(c2ccc(S)c(-c3ccccc3)c2)c2ccc(S)c(-c3ccccc3)c2)cc1. The zero-order valence-electron chi connectivity index (χ0n) is 22.7. The number of carboxylic acid groups (broad SMARTS) is 1. The van der Waals surface area contributed by atoms with Crippen LogP contribution in [0.1, 0.15) is 32.6 Å². The Morgan fingerprint density at radius 2 is 0.857 bits per heavy atom. The number of rotatable bonds is 7. The molecule has 6 aromatic rings. The Bertz CT molecular complexity index is 1760. The highest BCUT2D eigenvalue weighted by Gasteiger charge is 2.39. The number of carbonyl (C=O) groups is 1. The van der Waals surface area contributed by atoms with E-state index < -0.39 is 11.4 Å². The van der Waals surface area contributed by atoms with Gasteiger partial charge in [0, 0.05) is 9.79 Å². The highest BCUT2D eigenvalue weighted by molar-refractivity contribution is 7.80. The summed E-state index contributed by atoms with van der Waals surface area (Å²) in [5.74, 6) is -0.955. The van der Waals surface area contributed by atoms with E-state index in [1.807, 2.05) is 66.7 Å². The van der Waals surface area contributed by atoms with E-state index in [-0.39, 0.29) is 5.56 Å². The van der Waals surface area contributed by atoms with Crippen LogP contribution in [0.25, 0.3) is 22.3 Å². The van der Waals surface area contributed by atoms with E-state index >= 15 is 0 Å². The maximum Gasteiger partial charge on any atom is 0.335 e. The van der Waals surface area contributed by atoms with Crippen molar-refractivity contribution >= 4 is 31.2 Å². The topological polar surface area (TPSA) is 37.3 Å². The normalized spacial score (nSPS) is 11.3. The second-order valence-corrected chi connectivity index (χ2v) is 11.2. The van der Waals surface area contributed by atoms with E-state index in [0.717, 1.165) is 54.3 Å². The summed E-state index contributed by atoms with van der Waals surface area (Å²) in [4.78, 5) is 13.6. The fourth-order valence-electron chi connectivity index (χ4n) is 5.79. The molecule has 0 spiro atoms. The highest BCUT2D eigenvalue weighted by Crippen LogP contribution is 2.48. The molecule has 4 heteroatoms. The zero-order valence-corrected chi connectivity index (χ0v) is 24.5. The van der Waals surface area contributed by atoms with Crippen molar-refractivity contribution in [3.8, 4) is 22.3 Å². The fraction of sp³-hybridized carbons (Fsp3) is 0.0263. The van der Waals surface area contributed by atoms with Crippen LogP contribution in [0.3, 0.4) is 0 Å². The summed E-state index contributed by atoms with van der Waals surface area (Å²) in [6, 6.07) is 50.9. The Balaban J connectivity index is 1.72. The van der Waals surface area contributed by atoms with Crippen molar-refractivity contribution in [3.63, 3.8) is 0 Å². The molecule has 42 heavy (non-hydrogen) atoms. The van der Waals surface area contributed by atoms with Crippen LogP contribution in [0.2, 0.25) is 0 Å². The van der Waals surface area contributed by atoms with Gasteiger partial charge in [-0.05, 0) is 80.9 Å². The summed E-state index contributed by atoms with van der Waals surface area (Å²) in [6.07, 6.45) is 0. The second-order valence-electron chi connectivity index (χ2n) is 10.2. The Labute approximate surface area is 257 Å². The molecule has 6 rings (SSSR count). The summed E-state index contributed by atoms with van der Waals surface area (Å²) >= 11 is 9.70. The van der Waals surface area contributed by atoms with Crippen molar-refractivity contribution in [2.45, 2.75) is 15.2 Å². The molecule has 0 aliphatic carbocycles. The van der Waals surface area contributed by atoms with Gasteiger partial charge in [0.05, 0.1) is 11.0 Å². The summed E-state index contributed by atoms with van der Waals surface area (Å²) in [6.45, 7) is 0. The lowest BCUT2D eigenvalue weighted by atomic mass is 9.64. The molecular formula is C38H28O2S2. The van der Waals surface area contributed by atoms with E-state index in [1.54, 1.807) is 12.1 Å². The van der Waals surface area contributed by atoms with E-state index in [4.69, 9.17) is 25.3 Å². The van der Waals surface area contributed by atoms with E-state index in [0.29, 0.717) is 0 Å². The minimum Gasteiger partial charge on any atom is -0.478 e. The molecular weight excluding hydrogens is 553 g/mol. The summed E-state index contributed by atoms with van der Waals surface area (Å²) in [7, 11) is 0. The van der Waals surface area contributed by atoms with Gasteiger partial charge in [-0.25, -0.2) is 4.79 Å². The number of carboxylic acids is 1. The van der Waals surface area contributed by atoms with Gasteiger partial charge in [-0.3, -0.25) is 0 Å². The van der Waals surface area contributed by atoms with Crippen molar-refractivity contribution < 1.29 is 9.90 Å². The maximum atomic E-state index is 11.8. The van der Waals surface area contributed by atoms with Crippen LogP contribution in [0.5, 0.6) is 0 Å². The van der Waals surface area contributed by atoms with Gasteiger partial charge >= 0.3 is 5.97 Å². The molecule has 0 amide bonds. The molecule has 0 unspecified atom stereocenters. The van der Waals surface area contributed by atoms with E-state index in [9.17, 15) is 9.90 Å². The summed E-state index contributed by atoms with van der Waals surface area (Å²) in [5.41, 5.74) is 7.74. The minimum atomic E-state index is -0.955. The van der Waals surface area contributed by atoms with Crippen LogP contribution >= 0.6 is 25.3 Å². The maximum absolute atomic E-state index is 11.8. The molecule has 0 fully saturated rings. The number of thiol groups is 2. The van der Waals surface area contributed by atoms with Gasteiger partial charge in [0.2, 0.25) is 0 Å². The van der Waals surface area contributed by atoms with Crippen LogP contribution in [-0.4, -0.2) is 11.1 Å². The average Bonchev–Trinajstić information content (AvgIpc) is 3.04. The van der Waals surface area contributed by atoms with Gasteiger partial charge in [0.1, 0.15) is 0 Å². The fourth-order valence-corrected chi connectivity index (χ4v) is 6.32. The first kappa shape index (κ1) is 27.6. The second kappa shape index (κ2) is 11.8. The van der Waals surface area contributed by atoms with Gasteiger partial charge in [-0.2, -0.15) is 0 Å². The molecule has 0 saturated heterocycles. The van der Waals surface area contributed by atoms with Gasteiger partial charge in [-0.1, -0.05) is 115 Å². The summed E-state index contributed by atoms with van der Waals surface area (Å²) in [5, 5.41) is 9.70. The van der Waals surface area contributed by atoms with Crippen molar-refractivity contribution in [3.05, 3.63) is 179 Å². The molecule has 6 aromatic carbocycles. The Morgan fingerprint density at radius 1 is 0.476 bits per heavy atom. The average molecular weight is 581 g/mol. The predicted octanol–water partition coefficient (Wildman–Crippen LogP) is 9.68. The van der Waals surface area contributed by atoms with Gasteiger partial charge in [0.25, 0.3) is 0 Å². The molecule has 204 valence electrons. The number of hydrogen-bond donors (Lipinski definition) is 3. The molecule has 0 aliphatic rings. The van der Waals surface area contributed by atoms with Crippen LogP contribution in [0.4, 0.5) is 0 Å². The molecule has 0 atom stereocenters. The first-order chi connectivity index (χ1) is 20.5. The van der Waals surface area contributed by atoms with Crippen LogP contribution < -0.4 is 0 Å². The highest BCUT2D eigenvalue weighted by atomic mass is 32.1. The van der Waals surface area contributed by atoms with E-state index in [2.05, 4.69) is 72.8 Å². The van der Waals surface area contributed by atoms with Crippen LogP contribution in [0, 0.1) is 0 Å². The van der Waals surface area contributed by atoms with Gasteiger partial charge in [0.15, 0.2) is 0 Å². The third kappa shape index (κ3) is 5.04. The smallest absolute Gasteiger partial charge is 0.335 e. The third-order valence-electron chi connectivity index (χ3n) is 7.80. The molecule has 0 radical (unpaired) electrons. The lowest BCUT2D eigenvalue weighted by Crippen LogP contribution is -2.31. The van der Waals surface area contributed by atoms with Crippen LogP contribution in [-0.2, 0) is 5.41 Å². The number of benzene rings is 6. The lowest BCUT2D eigenvalue weighted by Gasteiger charge is -2.37. The van der Waals surface area contributed by atoms with Crippen molar-refractivity contribution in [1.29, 1.82) is 0 Å². The van der Waals surface area contributed by atoms with Crippen LogP contribution in [0.15, 0.2) is 161 Å². The summed E-state index contributed by atoms with van der Waals surface area (Å²) < 4.78 is 0. The first-order valence-electron chi connectivity index (χ1n) is 13.7.